The van der Waals surface area contributed by atoms with Crippen molar-refractivity contribution in [2.75, 3.05) is 6.61 Å². The molecule has 0 spiro atoms. The van der Waals surface area contributed by atoms with Crippen LogP contribution in [0.2, 0.25) is 5.02 Å². The van der Waals surface area contributed by atoms with Crippen LogP contribution < -0.4 is 0 Å². The molecule has 2 heterocycles. The molecule has 2 rings (SSSR count). The molecule has 17 heavy (non-hydrogen) atoms. The van der Waals surface area contributed by atoms with Gasteiger partial charge in [0, 0.05) is 6.20 Å². The number of halogens is 1. The summed E-state index contributed by atoms with van der Waals surface area (Å²) in [5.41, 5.74) is 0.615. The standard InChI is InChI=1S/C11H9ClN2O3/c1-2-17-11(16)10-8(6-15)14-5-7(12)3-4-9(14)13-10/h3-6H,2H2,1H3. The van der Waals surface area contributed by atoms with Gasteiger partial charge in [0.25, 0.3) is 0 Å². The largest absolute Gasteiger partial charge is 0.461 e. The Labute approximate surface area is 102 Å². The summed E-state index contributed by atoms with van der Waals surface area (Å²) < 4.78 is 6.28. The van der Waals surface area contributed by atoms with E-state index in [0.717, 1.165) is 0 Å². The lowest BCUT2D eigenvalue weighted by atomic mass is 10.3. The Morgan fingerprint density at radius 2 is 2.35 bits per heavy atom. The van der Waals surface area contributed by atoms with E-state index in [1.807, 2.05) is 0 Å². The highest BCUT2D eigenvalue weighted by Crippen LogP contribution is 2.16. The Hall–Kier alpha value is -1.88. The van der Waals surface area contributed by atoms with Crippen molar-refractivity contribution in [1.82, 2.24) is 9.38 Å². The molecule has 0 aliphatic carbocycles. The first-order valence-electron chi connectivity index (χ1n) is 4.97. The highest BCUT2D eigenvalue weighted by atomic mass is 35.5. The average Bonchev–Trinajstić information content (AvgIpc) is 2.67. The quantitative estimate of drug-likeness (QED) is 0.619. The number of hydrogen-bond acceptors (Lipinski definition) is 4. The Bertz CT molecular complexity index is 592. The van der Waals surface area contributed by atoms with Crippen molar-refractivity contribution < 1.29 is 14.3 Å². The number of rotatable bonds is 3. The summed E-state index contributed by atoms with van der Waals surface area (Å²) in [6.07, 6.45) is 2.08. The molecule has 0 unspecified atom stereocenters. The Morgan fingerprint density at radius 3 is 3.00 bits per heavy atom. The molecule has 0 amide bonds. The third kappa shape index (κ3) is 2.01. The van der Waals surface area contributed by atoms with Crippen molar-refractivity contribution in [3.05, 3.63) is 34.7 Å². The van der Waals surface area contributed by atoms with Crippen LogP contribution in [0.5, 0.6) is 0 Å². The van der Waals surface area contributed by atoms with E-state index in [2.05, 4.69) is 4.98 Å². The van der Waals surface area contributed by atoms with Crippen LogP contribution in [0.1, 0.15) is 27.9 Å². The summed E-state index contributed by atoms with van der Waals surface area (Å²) in [5, 5.41) is 0.452. The van der Waals surface area contributed by atoms with E-state index in [0.29, 0.717) is 17.0 Å². The van der Waals surface area contributed by atoms with Crippen molar-refractivity contribution in [3.63, 3.8) is 0 Å². The van der Waals surface area contributed by atoms with E-state index < -0.39 is 5.97 Å². The molecular formula is C11H9ClN2O3. The first-order chi connectivity index (χ1) is 8.17. The molecule has 0 radical (unpaired) electrons. The Morgan fingerprint density at radius 1 is 1.59 bits per heavy atom. The van der Waals surface area contributed by atoms with Crippen LogP contribution in [0.3, 0.4) is 0 Å². The van der Waals surface area contributed by atoms with Gasteiger partial charge in [0.05, 0.1) is 11.6 Å². The van der Waals surface area contributed by atoms with Gasteiger partial charge in [0.2, 0.25) is 0 Å². The summed E-state index contributed by atoms with van der Waals surface area (Å²) in [4.78, 5) is 26.6. The highest BCUT2D eigenvalue weighted by Gasteiger charge is 2.19. The predicted molar refractivity (Wildman–Crippen MR) is 61.5 cm³/mol. The maximum Gasteiger partial charge on any atom is 0.359 e. The summed E-state index contributed by atoms with van der Waals surface area (Å²) in [6, 6.07) is 3.26. The molecule has 0 aromatic carbocycles. The second-order valence-electron chi connectivity index (χ2n) is 3.26. The van der Waals surface area contributed by atoms with Crippen molar-refractivity contribution in [1.29, 1.82) is 0 Å². The third-order valence-electron chi connectivity index (χ3n) is 2.20. The number of hydrogen-bond donors (Lipinski definition) is 0. The van der Waals surface area contributed by atoms with Gasteiger partial charge in [-0.15, -0.1) is 0 Å². The fraction of sp³-hybridized carbons (Fsp3) is 0.182. The number of imidazole rings is 1. The fourth-order valence-corrected chi connectivity index (χ4v) is 1.66. The van der Waals surface area contributed by atoms with E-state index in [1.165, 1.54) is 10.6 Å². The Balaban J connectivity index is 2.64. The van der Waals surface area contributed by atoms with E-state index in [1.54, 1.807) is 19.1 Å². The van der Waals surface area contributed by atoms with E-state index in [9.17, 15) is 9.59 Å². The maximum atomic E-state index is 11.6. The normalized spacial score (nSPS) is 10.5. The van der Waals surface area contributed by atoms with Crippen molar-refractivity contribution in [3.8, 4) is 0 Å². The molecule has 0 bridgehead atoms. The minimum Gasteiger partial charge on any atom is -0.461 e. The van der Waals surface area contributed by atoms with Gasteiger partial charge >= 0.3 is 5.97 Å². The van der Waals surface area contributed by atoms with Gasteiger partial charge in [0.1, 0.15) is 11.3 Å². The third-order valence-corrected chi connectivity index (χ3v) is 2.42. The molecule has 5 nitrogen and oxygen atoms in total. The van der Waals surface area contributed by atoms with Gasteiger partial charge in [-0.1, -0.05) is 11.6 Å². The molecule has 0 atom stereocenters. The average molecular weight is 253 g/mol. The number of esters is 1. The van der Waals surface area contributed by atoms with Gasteiger partial charge in [-0.2, -0.15) is 0 Å². The second-order valence-corrected chi connectivity index (χ2v) is 3.70. The first kappa shape index (κ1) is 11.6. The first-order valence-corrected chi connectivity index (χ1v) is 5.35. The molecule has 0 aliphatic rings. The molecular weight excluding hydrogens is 244 g/mol. The van der Waals surface area contributed by atoms with Crippen LogP contribution >= 0.6 is 11.6 Å². The summed E-state index contributed by atoms with van der Waals surface area (Å²) in [6.45, 7) is 1.91. The minimum absolute atomic E-state index is 0.00381. The lowest BCUT2D eigenvalue weighted by Gasteiger charge is -1.98. The lowest BCUT2D eigenvalue weighted by Crippen LogP contribution is -2.08. The summed E-state index contributed by atoms with van der Waals surface area (Å²) in [5.74, 6) is -0.616. The van der Waals surface area contributed by atoms with Gasteiger partial charge in [0.15, 0.2) is 12.0 Å². The van der Waals surface area contributed by atoms with E-state index in [4.69, 9.17) is 16.3 Å². The number of carbonyl (C=O) groups excluding carboxylic acids is 2. The van der Waals surface area contributed by atoms with Crippen LogP contribution in [0.4, 0.5) is 0 Å². The second kappa shape index (κ2) is 4.55. The number of ether oxygens (including phenoxy) is 1. The van der Waals surface area contributed by atoms with E-state index >= 15 is 0 Å². The number of carbonyl (C=O) groups is 2. The zero-order valence-corrected chi connectivity index (χ0v) is 9.77. The molecule has 2 aromatic heterocycles. The fourth-order valence-electron chi connectivity index (χ4n) is 1.50. The van der Waals surface area contributed by atoms with E-state index in [-0.39, 0.29) is 18.0 Å². The molecule has 2 aromatic rings. The van der Waals surface area contributed by atoms with Gasteiger partial charge in [-0.3, -0.25) is 9.20 Å². The number of pyridine rings is 1. The van der Waals surface area contributed by atoms with Crippen LogP contribution in [0.25, 0.3) is 5.65 Å². The van der Waals surface area contributed by atoms with Crippen LogP contribution in [-0.4, -0.2) is 28.2 Å². The highest BCUT2D eigenvalue weighted by molar-refractivity contribution is 6.30. The smallest absolute Gasteiger partial charge is 0.359 e. The number of nitrogens with zero attached hydrogens (tertiary/aromatic N) is 2. The number of aldehydes is 1. The van der Waals surface area contributed by atoms with Crippen molar-refractivity contribution >= 4 is 29.5 Å². The van der Waals surface area contributed by atoms with Gasteiger partial charge in [-0.25, -0.2) is 9.78 Å². The molecule has 0 fully saturated rings. The lowest BCUT2D eigenvalue weighted by molar-refractivity contribution is 0.0518. The monoisotopic (exact) mass is 252 g/mol. The topological polar surface area (TPSA) is 60.7 Å². The molecule has 6 heteroatoms. The number of aromatic nitrogens is 2. The van der Waals surface area contributed by atoms with Crippen molar-refractivity contribution in [2.24, 2.45) is 0 Å². The van der Waals surface area contributed by atoms with Crippen LogP contribution in [0, 0.1) is 0 Å². The van der Waals surface area contributed by atoms with Crippen molar-refractivity contribution in [2.45, 2.75) is 6.92 Å². The Kier molecular flexibility index (Phi) is 3.10. The summed E-state index contributed by atoms with van der Waals surface area (Å²) in [7, 11) is 0. The van der Waals surface area contributed by atoms with Crippen LogP contribution in [0.15, 0.2) is 18.3 Å². The van der Waals surface area contributed by atoms with Gasteiger partial charge < -0.3 is 4.74 Å². The zero-order valence-electron chi connectivity index (χ0n) is 9.01. The number of fused-ring (bicyclic) bond motifs is 1. The molecule has 0 N–H and O–H groups in total. The van der Waals surface area contributed by atoms with Gasteiger partial charge in [-0.05, 0) is 19.1 Å². The summed E-state index contributed by atoms with van der Waals surface area (Å²) >= 11 is 5.82. The minimum atomic E-state index is -0.616. The predicted octanol–water partition coefficient (Wildman–Crippen LogP) is 1.98. The SMILES string of the molecule is CCOC(=O)c1nc2ccc(Cl)cn2c1C=O. The molecule has 0 aliphatic heterocycles. The van der Waals surface area contributed by atoms with Crippen LogP contribution in [-0.2, 0) is 4.74 Å². The molecule has 0 saturated carbocycles. The molecule has 0 saturated heterocycles. The zero-order chi connectivity index (χ0) is 12.4. The maximum absolute atomic E-state index is 11.6. The molecule has 88 valence electrons.